The van der Waals surface area contributed by atoms with Crippen molar-refractivity contribution in [1.82, 2.24) is 9.80 Å². The molecule has 0 aromatic rings. The van der Waals surface area contributed by atoms with E-state index in [1.54, 1.807) is 0 Å². The molecule has 0 aromatic carbocycles. The highest BCUT2D eigenvalue weighted by atomic mass is 16.5. The molecule has 3 saturated heterocycles. The highest BCUT2D eigenvalue weighted by Gasteiger charge is 2.41. The number of nitrogens with zero attached hydrogens (tertiary/aromatic N) is 2. The largest absolute Gasteiger partial charge is 0.373 e. The van der Waals surface area contributed by atoms with Crippen LogP contribution in [0.2, 0.25) is 0 Å². The Balaban J connectivity index is 1.65. The van der Waals surface area contributed by atoms with Crippen LogP contribution in [-0.4, -0.2) is 60.3 Å². The summed E-state index contributed by atoms with van der Waals surface area (Å²) >= 11 is 0. The lowest BCUT2D eigenvalue weighted by molar-refractivity contribution is -0.0897. The summed E-state index contributed by atoms with van der Waals surface area (Å²) in [6, 6.07) is 2.52. The van der Waals surface area contributed by atoms with Crippen LogP contribution in [0.5, 0.6) is 0 Å². The number of piperidine rings is 1. The molecule has 0 amide bonds. The van der Waals surface area contributed by atoms with Gasteiger partial charge in [0.1, 0.15) is 0 Å². The fraction of sp³-hybridized carbons (Fsp3) is 1.00. The van der Waals surface area contributed by atoms with Gasteiger partial charge in [-0.05, 0) is 46.6 Å². The highest BCUT2D eigenvalue weighted by molar-refractivity contribution is 4.97. The van der Waals surface area contributed by atoms with E-state index in [9.17, 15) is 0 Å². The molecule has 3 rings (SSSR count). The molecule has 3 aliphatic rings. The van der Waals surface area contributed by atoms with E-state index in [0.717, 1.165) is 31.2 Å². The molecule has 2 bridgehead atoms. The second kappa shape index (κ2) is 4.52. The Morgan fingerprint density at radius 1 is 0.882 bits per heavy atom. The van der Waals surface area contributed by atoms with E-state index < -0.39 is 0 Å². The summed E-state index contributed by atoms with van der Waals surface area (Å²) in [5.74, 6) is 0. The average molecular weight is 238 g/mol. The lowest BCUT2D eigenvalue weighted by Gasteiger charge is -2.45. The summed E-state index contributed by atoms with van der Waals surface area (Å²) in [6.45, 7) is 6.70. The summed E-state index contributed by atoms with van der Waals surface area (Å²) < 4.78 is 5.85. The van der Waals surface area contributed by atoms with Crippen molar-refractivity contribution in [3.8, 4) is 0 Å². The lowest BCUT2D eigenvalue weighted by Crippen LogP contribution is -2.55. The van der Waals surface area contributed by atoms with Gasteiger partial charge in [0.25, 0.3) is 0 Å². The van der Waals surface area contributed by atoms with Gasteiger partial charge in [-0.15, -0.1) is 0 Å². The Kier molecular flexibility index (Phi) is 3.18. The number of ether oxygens (including phenoxy) is 1. The van der Waals surface area contributed by atoms with Gasteiger partial charge in [-0.1, -0.05) is 0 Å². The lowest BCUT2D eigenvalue weighted by atomic mass is 9.95. The predicted octanol–water partition coefficient (Wildman–Crippen LogP) is 1.72. The van der Waals surface area contributed by atoms with Crippen molar-refractivity contribution in [3.63, 3.8) is 0 Å². The second-order valence-corrected chi connectivity index (χ2v) is 6.39. The van der Waals surface area contributed by atoms with E-state index in [1.165, 1.54) is 25.7 Å². The molecule has 0 aliphatic carbocycles. The van der Waals surface area contributed by atoms with Crippen molar-refractivity contribution in [2.45, 2.75) is 69.9 Å². The molecule has 17 heavy (non-hydrogen) atoms. The maximum atomic E-state index is 5.85. The van der Waals surface area contributed by atoms with Crippen LogP contribution in [0.1, 0.15) is 39.5 Å². The van der Waals surface area contributed by atoms with Crippen molar-refractivity contribution in [3.05, 3.63) is 0 Å². The van der Waals surface area contributed by atoms with Gasteiger partial charge in [0.05, 0.1) is 12.2 Å². The van der Waals surface area contributed by atoms with Crippen LogP contribution >= 0.6 is 0 Å². The minimum absolute atomic E-state index is 0.413. The molecule has 4 atom stereocenters. The molecule has 3 heterocycles. The molecule has 0 spiro atoms. The molecule has 0 saturated carbocycles. The van der Waals surface area contributed by atoms with E-state index in [0.29, 0.717) is 12.2 Å². The molecule has 3 nitrogen and oxygen atoms in total. The number of hydrogen-bond acceptors (Lipinski definition) is 3. The predicted molar refractivity (Wildman–Crippen MR) is 69.2 cm³/mol. The molecular formula is C14H26N2O. The standard InChI is InChI=1S/C14H26N2O/c1-10-8-16(9-11(2)17-10)14-6-12-4-5-13(7-14)15(12)3/h10-14H,4-9H2,1-3H3/t10-,11+,12?,13?,14?. The summed E-state index contributed by atoms with van der Waals surface area (Å²) in [5, 5.41) is 0. The molecule has 0 radical (unpaired) electrons. The van der Waals surface area contributed by atoms with Gasteiger partial charge in [-0.2, -0.15) is 0 Å². The minimum Gasteiger partial charge on any atom is -0.373 e. The Morgan fingerprint density at radius 2 is 1.41 bits per heavy atom. The SMILES string of the molecule is C[C@@H]1CN(C2CC3CCC(C2)N3C)C[C@H](C)O1. The topological polar surface area (TPSA) is 15.7 Å². The van der Waals surface area contributed by atoms with Crippen LogP contribution in [0.4, 0.5) is 0 Å². The molecule has 0 aromatic heterocycles. The quantitative estimate of drug-likeness (QED) is 0.692. The Bertz CT molecular complexity index is 259. The summed E-state index contributed by atoms with van der Waals surface area (Å²) in [5.41, 5.74) is 0. The first-order valence-corrected chi connectivity index (χ1v) is 7.25. The van der Waals surface area contributed by atoms with Gasteiger partial charge in [-0.25, -0.2) is 0 Å². The smallest absolute Gasteiger partial charge is 0.0678 e. The zero-order valence-electron chi connectivity index (χ0n) is 11.4. The number of morpholine rings is 1. The first kappa shape index (κ1) is 11.9. The number of fused-ring (bicyclic) bond motifs is 2. The molecular weight excluding hydrogens is 212 g/mol. The van der Waals surface area contributed by atoms with Gasteiger partial charge < -0.3 is 9.64 Å². The van der Waals surface area contributed by atoms with Gasteiger partial charge in [0.2, 0.25) is 0 Å². The fourth-order valence-electron chi connectivity index (χ4n) is 4.20. The Hall–Kier alpha value is -0.120. The van der Waals surface area contributed by atoms with Crippen molar-refractivity contribution in [1.29, 1.82) is 0 Å². The third-order valence-electron chi connectivity index (χ3n) is 5.04. The molecule has 0 N–H and O–H groups in total. The molecule has 98 valence electrons. The molecule has 2 unspecified atom stereocenters. The van der Waals surface area contributed by atoms with Crippen LogP contribution in [0, 0.1) is 0 Å². The van der Waals surface area contributed by atoms with Gasteiger partial charge >= 0.3 is 0 Å². The summed E-state index contributed by atoms with van der Waals surface area (Å²) in [4.78, 5) is 5.33. The Labute approximate surface area is 105 Å². The van der Waals surface area contributed by atoms with Crippen molar-refractivity contribution < 1.29 is 4.74 Å². The van der Waals surface area contributed by atoms with E-state index in [1.807, 2.05) is 0 Å². The number of rotatable bonds is 1. The monoisotopic (exact) mass is 238 g/mol. The van der Waals surface area contributed by atoms with Crippen LogP contribution in [0.25, 0.3) is 0 Å². The number of hydrogen-bond donors (Lipinski definition) is 0. The second-order valence-electron chi connectivity index (χ2n) is 6.39. The van der Waals surface area contributed by atoms with Crippen molar-refractivity contribution in [2.24, 2.45) is 0 Å². The first-order valence-electron chi connectivity index (χ1n) is 7.25. The minimum atomic E-state index is 0.413. The molecule has 3 fully saturated rings. The van der Waals surface area contributed by atoms with Crippen LogP contribution in [0.15, 0.2) is 0 Å². The van der Waals surface area contributed by atoms with Crippen molar-refractivity contribution in [2.75, 3.05) is 20.1 Å². The zero-order valence-corrected chi connectivity index (χ0v) is 11.4. The van der Waals surface area contributed by atoms with Crippen LogP contribution < -0.4 is 0 Å². The third kappa shape index (κ3) is 2.25. The van der Waals surface area contributed by atoms with E-state index >= 15 is 0 Å². The molecule has 3 heteroatoms. The summed E-state index contributed by atoms with van der Waals surface area (Å²) in [6.07, 6.45) is 6.44. The summed E-state index contributed by atoms with van der Waals surface area (Å²) in [7, 11) is 2.32. The average Bonchev–Trinajstić information content (AvgIpc) is 2.51. The maximum Gasteiger partial charge on any atom is 0.0678 e. The van der Waals surface area contributed by atoms with E-state index in [4.69, 9.17) is 4.74 Å². The molecule has 3 aliphatic heterocycles. The van der Waals surface area contributed by atoms with E-state index in [2.05, 4.69) is 30.7 Å². The van der Waals surface area contributed by atoms with Crippen LogP contribution in [-0.2, 0) is 4.74 Å². The van der Waals surface area contributed by atoms with Crippen LogP contribution in [0.3, 0.4) is 0 Å². The third-order valence-corrected chi connectivity index (χ3v) is 5.04. The zero-order chi connectivity index (χ0) is 12.0. The highest BCUT2D eigenvalue weighted by Crippen LogP contribution is 2.36. The van der Waals surface area contributed by atoms with Gasteiger partial charge in [-0.3, -0.25) is 4.90 Å². The van der Waals surface area contributed by atoms with Gasteiger partial charge in [0.15, 0.2) is 0 Å². The van der Waals surface area contributed by atoms with E-state index in [-0.39, 0.29) is 0 Å². The van der Waals surface area contributed by atoms with Gasteiger partial charge in [0, 0.05) is 31.2 Å². The first-order chi connectivity index (χ1) is 8.13. The van der Waals surface area contributed by atoms with Crippen molar-refractivity contribution >= 4 is 0 Å². The Morgan fingerprint density at radius 3 is 1.94 bits per heavy atom. The fourth-order valence-corrected chi connectivity index (χ4v) is 4.20. The normalized spacial score (nSPS) is 48.5. The maximum absolute atomic E-state index is 5.85.